The van der Waals surface area contributed by atoms with Crippen LogP contribution in [0.15, 0.2) is 58.7 Å². The van der Waals surface area contributed by atoms with Crippen LogP contribution in [0, 0.1) is 0 Å². The lowest BCUT2D eigenvalue weighted by atomic mass is 10.1. The minimum absolute atomic E-state index is 0.0462. The number of benzene rings is 2. The smallest absolute Gasteiger partial charge is 0.238 e. The molecule has 29 heavy (non-hydrogen) atoms. The van der Waals surface area contributed by atoms with Gasteiger partial charge < -0.3 is 15.4 Å². The Bertz CT molecular complexity index is 976. The molecule has 150 valence electrons. The molecule has 0 aliphatic carbocycles. The van der Waals surface area contributed by atoms with Gasteiger partial charge in [-0.2, -0.15) is 5.10 Å². The number of para-hydroxylation sites is 2. The maximum Gasteiger partial charge on any atom is 0.238 e. The molecule has 1 fully saturated rings. The topological polar surface area (TPSA) is 92.1 Å². The van der Waals surface area contributed by atoms with Crippen LogP contribution >= 0.6 is 23.4 Å². The minimum atomic E-state index is -0.626. The highest BCUT2D eigenvalue weighted by atomic mass is 35.5. The first-order valence-corrected chi connectivity index (χ1v) is 10.0. The summed E-state index contributed by atoms with van der Waals surface area (Å²) >= 11 is 7.04. The van der Waals surface area contributed by atoms with Crippen molar-refractivity contribution < 1.29 is 14.3 Å². The number of rotatable bonds is 5. The van der Waals surface area contributed by atoms with Crippen molar-refractivity contribution in [2.24, 2.45) is 10.2 Å². The second-order valence-corrected chi connectivity index (χ2v) is 7.77. The highest BCUT2D eigenvalue weighted by Gasteiger charge is 2.30. The van der Waals surface area contributed by atoms with E-state index in [1.807, 2.05) is 18.2 Å². The van der Waals surface area contributed by atoms with E-state index in [1.54, 1.807) is 37.3 Å². The highest BCUT2D eigenvalue weighted by Crippen LogP contribution is 2.27. The normalized spacial score (nSPS) is 18.3. The molecule has 9 heteroatoms. The van der Waals surface area contributed by atoms with Gasteiger partial charge in [-0.3, -0.25) is 9.59 Å². The third-order valence-electron chi connectivity index (χ3n) is 4.08. The van der Waals surface area contributed by atoms with Crippen molar-refractivity contribution in [3.8, 4) is 5.75 Å². The summed E-state index contributed by atoms with van der Waals surface area (Å²) in [4.78, 5) is 24.7. The molecular weight excluding hydrogens is 412 g/mol. The van der Waals surface area contributed by atoms with E-state index in [4.69, 9.17) is 16.3 Å². The molecule has 1 atom stereocenters. The Hall–Kier alpha value is -2.84. The maximum atomic E-state index is 12.6. The SMILES string of the molecule is COc1ccccc1NC(=O)C1CC(=O)NC(=N/N=C(\C)c2ccc(Cl)cc2)S1. The van der Waals surface area contributed by atoms with E-state index in [0.717, 1.165) is 17.3 Å². The average Bonchev–Trinajstić information content (AvgIpc) is 2.72. The van der Waals surface area contributed by atoms with Crippen molar-refractivity contribution in [1.29, 1.82) is 0 Å². The van der Waals surface area contributed by atoms with Gasteiger partial charge in [-0.1, -0.05) is 47.6 Å². The number of ether oxygens (including phenoxy) is 1. The Balaban J connectivity index is 1.71. The number of methoxy groups -OCH3 is 1. The molecule has 1 unspecified atom stereocenters. The number of thioether (sulfide) groups is 1. The van der Waals surface area contributed by atoms with Crippen molar-refractivity contribution in [3.05, 3.63) is 59.1 Å². The van der Waals surface area contributed by atoms with Gasteiger partial charge in [-0.05, 0) is 36.8 Å². The van der Waals surface area contributed by atoms with Gasteiger partial charge in [0.05, 0.1) is 18.5 Å². The van der Waals surface area contributed by atoms with Gasteiger partial charge in [0.2, 0.25) is 11.8 Å². The van der Waals surface area contributed by atoms with Crippen LogP contribution in [-0.2, 0) is 9.59 Å². The number of nitrogens with zero attached hydrogens (tertiary/aromatic N) is 2. The number of hydrogen-bond donors (Lipinski definition) is 2. The van der Waals surface area contributed by atoms with Crippen molar-refractivity contribution in [2.45, 2.75) is 18.6 Å². The van der Waals surface area contributed by atoms with E-state index in [9.17, 15) is 9.59 Å². The first-order chi connectivity index (χ1) is 14.0. The number of anilines is 1. The number of hydrogen-bond acceptors (Lipinski definition) is 6. The molecule has 0 saturated carbocycles. The highest BCUT2D eigenvalue weighted by molar-refractivity contribution is 8.15. The average molecular weight is 431 g/mol. The number of nitrogens with one attached hydrogen (secondary N) is 2. The van der Waals surface area contributed by atoms with Gasteiger partial charge in [0.15, 0.2) is 5.17 Å². The molecule has 1 aliphatic rings. The number of amidine groups is 1. The van der Waals surface area contributed by atoms with Crippen LogP contribution < -0.4 is 15.4 Å². The van der Waals surface area contributed by atoms with Gasteiger partial charge >= 0.3 is 0 Å². The molecule has 1 aliphatic heterocycles. The molecule has 2 aromatic carbocycles. The lowest BCUT2D eigenvalue weighted by Crippen LogP contribution is -2.41. The predicted octanol–water partition coefficient (Wildman–Crippen LogP) is 3.69. The first-order valence-electron chi connectivity index (χ1n) is 8.75. The molecule has 0 bridgehead atoms. The van der Waals surface area contributed by atoms with Crippen molar-refractivity contribution in [3.63, 3.8) is 0 Å². The van der Waals surface area contributed by atoms with E-state index in [1.165, 1.54) is 7.11 Å². The van der Waals surface area contributed by atoms with Crippen LogP contribution in [0.2, 0.25) is 5.02 Å². The minimum Gasteiger partial charge on any atom is -0.495 e. The summed E-state index contributed by atoms with van der Waals surface area (Å²) < 4.78 is 5.24. The summed E-state index contributed by atoms with van der Waals surface area (Å²) in [6.07, 6.45) is 0.0462. The van der Waals surface area contributed by atoms with Crippen LogP contribution in [0.4, 0.5) is 5.69 Å². The van der Waals surface area contributed by atoms with Gasteiger partial charge in [-0.25, -0.2) is 0 Å². The third kappa shape index (κ3) is 5.58. The molecule has 1 saturated heterocycles. The molecule has 7 nitrogen and oxygen atoms in total. The second-order valence-electron chi connectivity index (χ2n) is 6.15. The zero-order valence-electron chi connectivity index (χ0n) is 15.8. The maximum absolute atomic E-state index is 12.6. The summed E-state index contributed by atoms with van der Waals surface area (Å²) in [5, 5.41) is 14.0. The fourth-order valence-electron chi connectivity index (χ4n) is 2.57. The number of carbonyl (C=O) groups is 2. The zero-order valence-corrected chi connectivity index (χ0v) is 17.4. The van der Waals surface area contributed by atoms with Gasteiger partial charge in [-0.15, -0.1) is 5.10 Å². The summed E-state index contributed by atoms with van der Waals surface area (Å²) in [5.74, 6) is -0.0503. The molecular formula is C20H19ClN4O3S. The van der Waals surface area contributed by atoms with Crippen LogP contribution in [-0.4, -0.2) is 35.1 Å². The Morgan fingerprint density at radius 2 is 1.97 bits per heavy atom. The molecule has 0 spiro atoms. The molecule has 2 aromatic rings. The predicted molar refractivity (Wildman–Crippen MR) is 117 cm³/mol. The quantitative estimate of drug-likeness (QED) is 0.559. The molecule has 0 aromatic heterocycles. The van der Waals surface area contributed by atoms with Crippen molar-refractivity contribution >= 4 is 51.7 Å². The number of halogens is 1. The molecule has 3 rings (SSSR count). The Kier molecular flexibility index (Phi) is 6.90. The fraction of sp³-hybridized carbons (Fsp3) is 0.200. The largest absolute Gasteiger partial charge is 0.495 e. The van der Waals surface area contributed by atoms with Crippen LogP contribution in [0.3, 0.4) is 0 Å². The lowest BCUT2D eigenvalue weighted by Gasteiger charge is -2.22. The van der Waals surface area contributed by atoms with E-state index >= 15 is 0 Å². The Morgan fingerprint density at radius 1 is 1.24 bits per heavy atom. The number of amides is 2. The van der Waals surface area contributed by atoms with Crippen molar-refractivity contribution in [2.75, 3.05) is 12.4 Å². The van der Waals surface area contributed by atoms with Crippen LogP contribution in [0.1, 0.15) is 18.9 Å². The summed E-state index contributed by atoms with van der Waals surface area (Å²) in [5.41, 5.74) is 2.06. The lowest BCUT2D eigenvalue weighted by molar-refractivity contribution is -0.123. The summed E-state index contributed by atoms with van der Waals surface area (Å²) in [6.45, 7) is 1.80. The van der Waals surface area contributed by atoms with Crippen LogP contribution in [0.25, 0.3) is 0 Å². The van der Waals surface area contributed by atoms with Gasteiger partial charge in [0.1, 0.15) is 11.0 Å². The van der Waals surface area contributed by atoms with Gasteiger partial charge in [0, 0.05) is 11.4 Å². The standard InChI is InChI=1S/C20H19ClN4O3S/c1-12(13-7-9-14(21)10-8-13)24-25-20-23-18(26)11-17(29-20)19(27)22-15-5-3-4-6-16(15)28-2/h3-10,17H,11H2,1-2H3,(H,22,27)(H,23,25,26)/b24-12+. The van der Waals surface area contributed by atoms with Crippen LogP contribution in [0.5, 0.6) is 5.75 Å². The first kappa shape index (κ1) is 20.9. The van der Waals surface area contributed by atoms with E-state index in [0.29, 0.717) is 22.2 Å². The molecule has 0 radical (unpaired) electrons. The Labute approximate surface area is 177 Å². The monoisotopic (exact) mass is 430 g/mol. The van der Waals surface area contributed by atoms with Crippen molar-refractivity contribution in [1.82, 2.24) is 5.32 Å². The molecule has 2 amide bonds. The summed E-state index contributed by atoms with van der Waals surface area (Å²) in [7, 11) is 1.53. The summed E-state index contributed by atoms with van der Waals surface area (Å²) in [6, 6.07) is 14.3. The third-order valence-corrected chi connectivity index (χ3v) is 5.41. The van der Waals surface area contributed by atoms with E-state index in [-0.39, 0.29) is 23.4 Å². The Morgan fingerprint density at radius 3 is 2.69 bits per heavy atom. The van der Waals surface area contributed by atoms with E-state index < -0.39 is 5.25 Å². The molecule has 1 heterocycles. The zero-order chi connectivity index (χ0) is 20.8. The molecule has 2 N–H and O–H groups in total. The number of carbonyl (C=O) groups excluding carboxylic acids is 2. The fourth-order valence-corrected chi connectivity index (χ4v) is 3.63. The van der Waals surface area contributed by atoms with E-state index in [2.05, 4.69) is 20.8 Å². The second kappa shape index (κ2) is 9.58. The van der Waals surface area contributed by atoms with Gasteiger partial charge in [0.25, 0.3) is 0 Å².